The largest absolute Gasteiger partial charge is 0.392 e. The normalized spacial score (nSPS) is 18.9. The van der Waals surface area contributed by atoms with Gasteiger partial charge >= 0.3 is 0 Å². The summed E-state index contributed by atoms with van der Waals surface area (Å²) < 4.78 is 0. The molecule has 4 nitrogen and oxygen atoms in total. The van der Waals surface area contributed by atoms with Crippen molar-refractivity contribution >= 4 is 5.91 Å². The van der Waals surface area contributed by atoms with Crippen LogP contribution >= 0.6 is 0 Å². The number of rotatable bonds is 4. The average Bonchev–Trinajstić information content (AvgIpc) is 1.87. The number of nitrogens with one attached hydrogen (secondary N) is 1. The van der Waals surface area contributed by atoms with E-state index in [0.717, 1.165) is 0 Å². The van der Waals surface area contributed by atoms with Gasteiger partial charge in [0, 0.05) is 6.04 Å². The molecule has 0 fully saturated rings. The van der Waals surface area contributed by atoms with Gasteiger partial charge in [-0.25, -0.2) is 0 Å². The van der Waals surface area contributed by atoms with Crippen LogP contribution in [0.5, 0.6) is 0 Å². The highest BCUT2D eigenvalue weighted by atomic mass is 16.3. The molecule has 66 valence electrons. The van der Waals surface area contributed by atoms with Crippen LogP contribution in [-0.4, -0.2) is 29.2 Å². The Labute approximate surface area is 66.8 Å². The summed E-state index contributed by atoms with van der Waals surface area (Å²) in [5.41, 5.74) is 5.00. The van der Waals surface area contributed by atoms with E-state index in [0.29, 0.717) is 0 Å². The van der Waals surface area contributed by atoms with Crippen molar-refractivity contribution in [3.8, 4) is 0 Å². The molecule has 3 unspecified atom stereocenters. The minimum absolute atomic E-state index is 0.113. The van der Waals surface area contributed by atoms with Gasteiger partial charge in [0.05, 0.1) is 12.1 Å². The maximum atomic E-state index is 10.5. The van der Waals surface area contributed by atoms with Crippen molar-refractivity contribution in [2.75, 3.05) is 0 Å². The van der Waals surface area contributed by atoms with Crippen molar-refractivity contribution < 1.29 is 9.90 Å². The zero-order valence-corrected chi connectivity index (χ0v) is 7.16. The Morgan fingerprint density at radius 2 is 1.91 bits per heavy atom. The Balaban J connectivity index is 3.75. The Morgan fingerprint density at radius 1 is 1.45 bits per heavy atom. The van der Waals surface area contributed by atoms with E-state index < -0.39 is 12.0 Å². The van der Waals surface area contributed by atoms with Gasteiger partial charge in [-0.15, -0.1) is 0 Å². The number of hydrogen-bond donors (Lipinski definition) is 3. The molecule has 0 aromatic carbocycles. The molecule has 0 heterocycles. The molecule has 4 heteroatoms. The number of aliphatic hydroxyl groups is 1. The quantitative estimate of drug-likeness (QED) is 0.505. The summed E-state index contributed by atoms with van der Waals surface area (Å²) in [5, 5.41) is 11.9. The molecule has 0 saturated heterocycles. The van der Waals surface area contributed by atoms with Gasteiger partial charge in [-0.1, -0.05) is 0 Å². The Morgan fingerprint density at radius 3 is 2.18 bits per heavy atom. The summed E-state index contributed by atoms with van der Waals surface area (Å²) in [7, 11) is 0. The molecule has 0 radical (unpaired) electrons. The smallest absolute Gasteiger partial charge is 0.234 e. The van der Waals surface area contributed by atoms with Crippen LogP contribution in [0.15, 0.2) is 0 Å². The van der Waals surface area contributed by atoms with Crippen molar-refractivity contribution in [2.24, 2.45) is 5.73 Å². The van der Waals surface area contributed by atoms with Crippen molar-refractivity contribution in [3.63, 3.8) is 0 Å². The molecule has 4 N–H and O–H groups in total. The molecule has 0 aliphatic heterocycles. The molecular weight excluding hydrogens is 144 g/mol. The van der Waals surface area contributed by atoms with Gasteiger partial charge in [-0.2, -0.15) is 0 Å². The third-order valence-electron chi connectivity index (χ3n) is 1.66. The molecule has 3 atom stereocenters. The van der Waals surface area contributed by atoms with Crippen LogP contribution in [0.25, 0.3) is 0 Å². The van der Waals surface area contributed by atoms with Crippen LogP contribution in [0.4, 0.5) is 0 Å². The van der Waals surface area contributed by atoms with Crippen LogP contribution in [0, 0.1) is 0 Å². The molecular formula is C7H16N2O2. The summed E-state index contributed by atoms with van der Waals surface area (Å²) in [6.45, 7) is 5.12. The minimum Gasteiger partial charge on any atom is -0.392 e. The standard InChI is InChI=1S/C7H16N2O2/c1-4(6(3)10)9-5(2)7(8)11/h4-6,9-10H,1-3H3,(H2,8,11). The second kappa shape index (κ2) is 4.31. The second-order valence-electron chi connectivity index (χ2n) is 2.82. The van der Waals surface area contributed by atoms with Gasteiger partial charge in [0.2, 0.25) is 5.91 Å². The lowest BCUT2D eigenvalue weighted by Crippen LogP contribution is -2.47. The lowest BCUT2D eigenvalue weighted by atomic mass is 10.2. The fourth-order valence-corrected chi connectivity index (χ4v) is 0.616. The van der Waals surface area contributed by atoms with Crippen molar-refractivity contribution in [1.29, 1.82) is 0 Å². The minimum atomic E-state index is -0.475. The average molecular weight is 160 g/mol. The van der Waals surface area contributed by atoms with Crippen LogP contribution in [0.2, 0.25) is 0 Å². The molecule has 0 aromatic heterocycles. The molecule has 11 heavy (non-hydrogen) atoms. The summed E-state index contributed by atoms with van der Waals surface area (Å²) in [6.07, 6.45) is -0.475. The predicted octanol–water partition coefficient (Wildman–Crippen LogP) is -0.781. The number of aliphatic hydroxyl groups excluding tert-OH is 1. The van der Waals surface area contributed by atoms with Crippen molar-refractivity contribution in [3.05, 3.63) is 0 Å². The number of amides is 1. The maximum absolute atomic E-state index is 10.5. The van der Waals surface area contributed by atoms with E-state index in [1.807, 2.05) is 0 Å². The number of carbonyl (C=O) groups excluding carboxylic acids is 1. The van der Waals surface area contributed by atoms with E-state index in [2.05, 4.69) is 5.32 Å². The maximum Gasteiger partial charge on any atom is 0.234 e. The number of carbonyl (C=O) groups is 1. The number of nitrogens with two attached hydrogens (primary N) is 1. The van der Waals surface area contributed by atoms with Crippen LogP contribution < -0.4 is 11.1 Å². The highest BCUT2D eigenvalue weighted by Crippen LogP contribution is 1.92. The van der Waals surface area contributed by atoms with Gasteiger partial charge in [0.1, 0.15) is 0 Å². The third-order valence-corrected chi connectivity index (χ3v) is 1.66. The summed E-state index contributed by atoms with van der Waals surface area (Å²) >= 11 is 0. The topological polar surface area (TPSA) is 75.3 Å². The lowest BCUT2D eigenvalue weighted by molar-refractivity contribution is -0.119. The SMILES string of the molecule is CC(NC(C)C(C)O)C(N)=O. The first kappa shape index (κ1) is 10.4. The number of hydrogen-bond acceptors (Lipinski definition) is 3. The van der Waals surface area contributed by atoms with E-state index >= 15 is 0 Å². The van der Waals surface area contributed by atoms with Crippen molar-refractivity contribution in [2.45, 2.75) is 39.0 Å². The van der Waals surface area contributed by atoms with Gasteiger partial charge in [-0.3, -0.25) is 4.79 Å². The second-order valence-corrected chi connectivity index (χ2v) is 2.82. The highest BCUT2D eigenvalue weighted by Gasteiger charge is 2.14. The van der Waals surface area contributed by atoms with Gasteiger partial charge < -0.3 is 16.2 Å². The monoisotopic (exact) mass is 160 g/mol. The molecule has 0 aliphatic rings. The van der Waals surface area contributed by atoms with Crippen LogP contribution in [-0.2, 0) is 4.79 Å². The summed E-state index contributed by atoms with van der Waals surface area (Å²) in [4.78, 5) is 10.5. The predicted molar refractivity (Wildman–Crippen MR) is 42.9 cm³/mol. The zero-order valence-electron chi connectivity index (χ0n) is 7.16. The van der Waals surface area contributed by atoms with Gasteiger partial charge in [0.25, 0.3) is 0 Å². The van der Waals surface area contributed by atoms with Gasteiger partial charge in [0.15, 0.2) is 0 Å². The van der Waals surface area contributed by atoms with E-state index in [9.17, 15) is 4.79 Å². The first-order chi connectivity index (χ1) is 4.95. The Hall–Kier alpha value is -0.610. The van der Waals surface area contributed by atoms with E-state index in [1.165, 1.54) is 0 Å². The van der Waals surface area contributed by atoms with Crippen LogP contribution in [0.1, 0.15) is 20.8 Å². The first-order valence-electron chi connectivity index (χ1n) is 3.68. The van der Waals surface area contributed by atoms with Crippen molar-refractivity contribution in [1.82, 2.24) is 5.32 Å². The summed E-state index contributed by atoms with van der Waals surface area (Å²) in [5.74, 6) is -0.405. The lowest BCUT2D eigenvalue weighted by Gasteiger charge is -2.19. The number of primary amides is 1. The fraction of sp³-hybridized carbons (Fsp3) is 0.857. The van der Waals surface area contributed by atoms with Gasteiger partial charge in [-0.05, 0) is 20.8 Å². The molecule has 0 saturated carbocycles. The van der Waals surface area contributed by atoms with E-state index in [-0.39, 0.29) is 12.1 Å². The molecule has 0 aliphatic carbocycles. The molecule has 0 rings (SSSR count). The van der Waals surface area contributed by atoms with E-state index in [4.69, 9.17) is 10.8 Å². The van der Waals surface area contributed by atoms with Crippen LogP contribution in [0.3, 0.4) is 0 Å². The summed E-state index contributed by atoms with van der Waals surface area (Å²) in [6, 6.07) is -0.503. The Bertz CT molecular complexity index is 136. The third kappa shape index (κ3) is 3.95. The highest BCUT2D eigenvalue weighted by molar-refractivity contribution is 5.79. The molecule has 0 bridgehead atoms. The first-order valence-corrected chi connectivity index (χ1v) is 3.68. The molecule has 0 aromatic rings. The molecule has 0 spiro atoms. The Kier molecular flexibility index (Phi) is 4.07. The van der Waals surface area contributed by atoms with E-state index in [1.54, 1.807) is 20.8 Å². The fourth-order valence-electron chi connectivity index (χ4n) is 0.616. The molecule has 1 amide bonds. The zero-order chi connectivity index (χ0) is 9.02.